The van der Waals surface area contributed by atoms with Gasteiger partial charge in [0.15, 0.2) is 5.78 Å². The first-order chi connectivity index (χ1) is 10.4. The van der Waals surface area contributed by atoms with Crippen molar-refractivity contribution in [1.29, 1.82) is 0 Å². The van der Waals surface area contributed by atoms with E-state index >= 15 is 0 Å². The number of phenols is 1. The summed E-state index contributed by atoms with van der Waals surface area (Å²) in [5, 5.41) is 9.41. The topological polar surface area (TPSA) is 63.6 Å². The molecule has 1 saturated heterocycles. The number of aromatic hydroxyl groups is 1. The van der Waals surface area contributed by atoms with Gasteiger partial charge in [-0.2, -0.15) is 0 Å². The Labute approximate surface area is 130 Å². The summed E-state index contributed by atoms with van der Waals surface area (Å²) in [5.74, 6) is -0.206. The highest BCUT2D eigenvalue weighted by Gasteiger charge is 2.60. The molecular weight excluding hydrogens is 280 g/mol. The first-order valence-electron chi connectivity index (χ1n) is 7.93. The zero-order chi connectivity index (χ0) is 16.0. The van der Waals surface area contributed by atoms with E-state index in [0.717, 1.165) is 24.8 Å². The zero-order valence-electron chi connectivity index (χ0n) is 13.1. The van der Waals surface area contributed by atoms with E-state index in [1.807, 2.05) is 13.8 Å². The Morgan fingerprint density at radius 1 is 1.05 bits per heavy atom. The number of cyclic esters (lactones) is 1. The number of rotatable bonds is 1. The van der Waals surface area contributed by atoms with Crippen LogP contribution in [0.2, 0.25) is 0 Å². The molecule has 1 aliphatic heterocycles. The number of hydrogen-bond donors (Lipinski definition) is 1. The number of carbonyl (C=O) groups excluding carboxylic acids is 2. The van der Waals surface area contributed by atoms with Gasteiger partial charge >= 0.3 is 5.97 Å². The van der Waals surface area contributed by atoms with E-state index in [4.69, 9.17) is 4.74 Å². The molecule has 1 aromatic rings. The molecule has 0 aromatic heterocycles. The lowest BCUT2D eigenvalue weighted by molar-refractivity contribution is -0.192. The van der Waals surface area contributed by atoms with Crippen LogP contribution in [-0.4, -0.2) is 16.9 Å². The van der Waals surface area contributed by atoms with Crippen molar-refractivity contribution in [3.63, 3.8) is 0 Å². The van der Waals surface area contributed by atoms with Crippen molar-refractivity contribution in [3.05, 3.63) is 29.8 Å². The molecule has 0 radical (unpaired) electrons. The van der Waals surface area contributed by atoms with Gasteiger partial charge in [0.05, 0.1) is 5.41 Å². The van der Waals surface area contributed by atoms with Crippen LogP contribution in [0.4, 0.5) is 0 Å². The third-order valence-corrected chi connectivity index (χ3v) is 5.19. The number of hydrogen-bond acceptors (Lipinski definition) is 4. The second-order valence-electron chi connectivity index (χ2n) is 7.07. The van der Waals surface area contributed by atoms with Crippen molar-refractivity contribution in [2.45, 2.75) is 52.1 Å². The summed E-state index contributed by atoms with van der Waals surface area (Å²) in [6.45, 7) is 3.71. The lowest BCUT2D eigenvalue weighted by Crippen LogP contribution is -2.55. The summed E-state index contributed by atoms with van der Waals surface area (Å²) >= 11 is 0. The Kier molecular flexibility index (Phi) is 3.50. The molecule has 0 bridgehead atoms. The fraction of sp³-hybridized carbons (Fsp3) is 0.556. The number of ketones is 1. The number of ether oxygens (including phenoxy) is 1. The normalized spacial score (nSPS) is 26.7. The average molecular weight is 302 g/mol. The maximum Gasteiger partial charge on any atom is 0.320 e. The van der Waals surface area contributed by atoms with Gasteiger partial charge in [0.2, 0.25) is 0 Å². The van der Waals surface area contributed by atoms with Crippen molar-refractivity contribution >= 4 is 11.8 Å². The van der Waals surface area contributed by atoms with E-state index in [2.05, 4.69) is 0 Å². The van der Waals surface area contributed by atoms with Gasteiger partial charge < -0.3 is 9.84 Å². The predicted molar refractivity (Wildman–Crippen MR) is 81.2 cm³/mol. The highest BCUT2D eigenvalue weighted by molar-refractivity contribution is 6.08. The van der Waals surface area contributed by atoms with Gasteiger partial charge in [-0.05, 0) is 44.4 Å². The van der Waals surface area contributed by atoms with Gasteiger partial charge in [0.25, 0.3) is 0 Å². The highest BCUT2D eigenvalue weighted by atomic mass is 16.5. The Morgan fingerprint density at radius 3 is 2.23 bits per heavy atom. The molecule has 0 unspecified atom stereocenters. The Bertz CT molecular complexity index is 594. The summed E-state index contributed by atoms with van der Waals surface area (Å²) in [6.07, 6.45) is 3.50. The van der Waals surface area contributed by atoms with E-state index in [0.29, 0.717) is 12.8 Å². The molecule has 2 aliphatic rings. The minimum atomic E-state index is -0.935. The number of esters is 1. The molecule has 118 valence electrons. The zero-order valence-corrected chi connectivity index (χ0v) is 13.1. The van der Waals surface area contributed by atoms with Crippen LogP contribution >= 0.6 is 0 Å². The summed E-state index contributed by atoms with van der Waals surface area (Å²) in [7, 11) is 0. The minimum Gasteiger partial charge on any atom is -0.508 e. The van der Waals surface area contributed by atoms with Crippen LogP contribution in [0.3, 0.4) is 0 Å². The van der Waals surface area contributed by atoms with Crippen LogP contribution < -0.4 is 0 Å². The van der Waals surface area contributed by atoms with E-state index in [9.17, 15) is 14.7 Å². The van der Waals surface area contributed by atoms with Crippen LogP contribution in [-0.2, 0) is 14.3 Å². The van der Waals surface area contributed by atoms with Crippen LogP contribution in [0.1, 0.15) is 57.6 Å². The summed E-state index contributed by atoms with van der Waals surface area (Å²) < 4.78 is 5.75. The maximum absolute atomic E-state index is 13.1. The average Bonchev–Trinajstić information content (AvgIpc) is 2.52. The fourth-order valence-electron chi connectivity index (χ4n) is 3.92. The Morgan fingerprint density at radius 2 is 1.64 bits per heavy atom. The lowest BCUT2D eigenvalue weighted by Gasteiger charge is -2.47. The van der Waals surface area contributed by atoms with Crippen molar-refractivity contribution < 1.29 is 19.4 Å². The molecule has 2 fully saturated rings. The molecule has 1 aromatic carbocycles. The second-order valence-corrected chi connectivity index (χ2v) is 7.07. The molecule has 1 atom stereocenters. The predicted octanol–water partition coefficient (Wildman–Crippen LogP) is 3.54. The van der Waals surface area contributed by atoms with Crippen molar-refractivity contribution in [1.82, 2.24) is 0 Å². The number of Topliss-reactive ketones (excluding diaryl/α,β-unsaturated/α-hetero) is 1. The Hall–Kier alpha value is -1.84. The molecule has 22 heavy (non-hydrogen) atoms. The third kappa shape index (κ3) is 2.13. The number of carbonyl (C=O) groups is 2. The fourth-order valence-corrected chi connectivity index (χ4v) is 3.92. The summed E-state index contributed by atoms with van der Waals surface area (Å²) in [4.78, 5) is 25.8. The largest absolute Gasteiger partial charge is 0.508 e. The van der Waals surface area contributed by atoms with E-state index < -0.39 is 16.9 Å². The molecule has 4 nitrogen and oxygen atoms in total. The van der Waals surface area contributed by atoms with Crippen molar-refractivity contribution in [3.8, 4) is 5.75 Å². The van der Waals surface area contributed by atoms with Gasteiger partial charge in [0, 0.05) is 0 Å². The maximum atomic E-state index is 13.1. The summed E-state index contributed by atoms with van der Waals surface area (Å²) in [6, 6.07) is 6.52. The van der Waals surface area contributed by atoms with Crippen LogP contribution in [0.5, 0.6) is 5.75 Å². The molecular formula is C18H22O4. The monoisotopic (exact) mass is 302 g/mol. The van der Waals surface area contributed by atoms with E-state index in [1.54, 1.807) is 24.3 Å². The third-order valence-electron chi connectivity index (χ3n) is 5.19. The van der Waals surface area contributed by atoms with Gasteiger partial charge in [0.1, 0.15) is 17.3 Å². The molecule has 0 amide bonds. The smallest absolute Gasteiger partial charge is 0.320 e. The molecule has 3 rings (SSSR count). The summed E-state index contributed by atoms with van der Waals surface area (Å²) in [5.41, 5.74) is -0.952. The van der Waals surface area contributed by atoms with Gasteiger partial charge in [-0.15, -0.1) is 0 Å². The highest BCUT2D eigenvalue weighted by Crippen LogP contribution is 2.53. The van der Waals surface area contributed by atoms with E-state index in [1.165, 1.54) is 0 Å². The molecule has 4 heteroatoms. The first-order valence-corrected chi connectivity index (χ1v) is 7.93. The Balaban J connectivity index is 1.98. The molecule has 1 saturated carbocycles. The van der Waals surface area contributed by atoms with Gasteiger partial charge in [-0.25, -0.2) is 0 Å². The molecule has 1 heterocycles. The van der Waals surface area contributed by atoms with Gasteiger partial charge in [-0.1, -0.05) is 31.4 Å². The van der Waals surface area contributed by atoms with Crippen LogP contribution in [0.15, 0.2) is 24.3 Å². The van der Waals surface area contributed by atoms with E-state index in [-0.39, 0.29) is 17.5 Å². The van der Waals surface area contributed by atoms with Crippen LogP contribution in [0.25, 0.3) is 0 Å². The number of phenolic OH excluding ortho intramolecular Hbond substituents is 1. The second kappa shape index (κ2) is 5.11. The van der Waals surface area contributed by atoms with Crippen molar-refractivity contribution in [2.75, 3.05) is 0 Å². The quantitative estimate of drug-likeness (QED) is 0.636. The number of benzene rings is 1. The van der Waals surface area contributed by atoms with Gasteiger partial charge in [-0.3, -0.25) is 9.59 Å². The SMILES string of the molecule is CC1(C)C(=O)C2(CCCCC2)C(=O)O[C@@H]1c1ccc(O)cc1. The lowest BCUT2D eigenvalue weighted by atomic mass is 9.60. The molecule has 1 aliphatic carbocycles. The van der Waals surface area contributed by atoms with Crippen LogP contribution in [0, 0.1) is 10.8 Å². The molecule has 1 N–H and O–H groups in total. The standard InChI is InChI=1S/C18H22O4/c1-17(2)14(12-6-8-13(19)9-7-12)22-16(21)18(15(17)20)10-4-3-5-11-18/h6-9,14,19H,3-5,10-11H2,1-2H3/t14-/m1/s1. The van der Waals surface area contributed by atoms with Crippen molar-refractivity contribution in [2.24, 2.45) is 10.8 Å². The first kappa shape index (κ1) is 15.1. The molecule has 1 spiro atoms. The minimum absolute atomic E-state index is 0.00836.